The fourth-order valence-corrected chi connectivity index (χ4v) is 1.41. The maximum atomic E-state index is 11.5. The van der Waals surface area contributed by atoms with Gasteiger partial charge >= 0.3 is 0 Å². The van der Waals surface area contributed by atoms with E-state index in [4.69, 9.17) is 9.52 Å². The molecule has 0 fully saturated rings. The van der Waals surface area contributed by atoms with Gasteiger partial charge in [-0.05, 0) is 39.3 Å². The summed E-state index contributed by atoms with van der Waals surface area (Å²) in [4.78, 5) is 11.5. The summed E-state index contributed by atoms with van der Waals surface area (Å²) < 4.78 is 5.41. The largest absolute Gasteiger partial charge is 0.464 e. The Bertz CT molecular complexity index is 344. The van der Waals surface area contributed by atoms with Crippen LogP contribution in [0, 0.1) is 6.92 Å². The number of hydrogen-bond acceptors (Lipinski definition) is 3. The molecule has 0 aliphatic rings. The van der Waals surface area contributed by atoms with Crippen LogP contribution in [0.15, 0.2) is 16.5 Å². The molecule has 2 atom stereocenters. The Morgan fingerprint density at radius 1 is 1.50 bits per heavy atom. The van der Waals surface area contributed by atoms with Gasteiger partial charge in [-0.1, -0.05) is 0 Å². The fraction of sp³-hybridized carbons (Fsp3) is 0.583. The summed E-state index contributed by atoms with van der Waals surface area (Å²) in [6.07, 6.45) is 0.379. The summed E-state index contributed by atoms with van der Waals surface area (Å²) in [5.41, 5.74) is 0. The molecule has 1 amide bonds. The number of amides is 1. The van der Waals surface area contributed by atoms with Gasteiger partial charge in [-0.15, -0.1) is 0 Å². The van der Waals surface area contributed by atoms with E-state index < -0.39 is 6.10 Å². The molecule has 1 aromatic rings. The molecule has 1 rings (SSSR count). The van der Waals surface area contributed by atoms with E-state index in [9.17, 15) is 4.79 Å². The topological polar surface area (TPSA) is 62.5 Å². The van der Waals surface area contributed by atoms with Crippen LogP contribution in [0.1, 0.15) is 44.3 Å². The molecule has 16 heavy (non-hydrogen) atoms. The highest BCUT2D eigenvalue weighted by Crippen LogP contribution is 2.15. The van der Waals surface area contributed by atoms with Crippen LogP contribution in [0.3, 0.4) is 0 Å². The van der Waals surface area contributed by atoms with Crippen molar-refractivity contribution in [2.24, 2.45) is 0 Å². The molecule has 4 heteroatoms. The Kier molecular flexibility index (Phi) is 4.55. The number of hydrogen-bond donors (Lipinski definition) is 2. The Morgan fingerprint density at radius 3 is 2.69 bits per heavy atom. The standard InChI is InChI=1S/C12H19NO3/c1-8(14)4-7-12(15)13-10(3)11-6-5-9(2)16-11/h5-6,8,10,14H,4,7H2,1-3H3,(H,13,15). The molecular formula is C12H19NO3. The lowest BCUT2D eigenvalue weighted by Gasteiger charge is -2.11. The second-order valence-electron chi connectivity index (χ2n) is 4.13. The van der Waals surface area contributed by atoms with Crippen molar-refractivity contribution in [3.8, 4) is 0 Å². The molecule has 1 heterocycles. The molecule has 0 aromatic carbocycles. The summed E-state index contributed by atoms with van der Waals surface area (Å²) in [7, 11) is 0. The predicted octanol–water partition coefficient (Wildman–Crippen LogP) is 1.93. The Labute approximate surface area is 95.7 Å². The minimum atomic E-state index is -0.438. The van der Waals surface area contributed by atoms with Crippen molar-refractivity contribution in [1.82, 2.24) is 5.32 Å². The second-order valence-corrected chi connectivity index (χ2v) is 4.13. The molecule has 2 unspecified atom stereocenters. The van der Waals surface area contributed by atoms with E-state index in [1.807, 2.05) is 26.0 Å². The minimum absolute atomic E-state index is 0.0672. The lowest BCUT2D eigenvalue weighted by atomic mass is 10.2. The summed E-state index contributed by atoms with van der Waals surface area (Å²) in [5, 5.41) is 11.9. The van der Waals surface area contributed by atoms with Gasteiger partial charge in [0.05, 0.1) is 12.1 Å². The van der Waals surface area contributed by atoms with E-state index in [2.05, 4.69) is 5.32 Å². The molecule has 0 radical (unpaired) electrons. The van der Waals surface area contributed by atoms with Gasteiger partial charge < -0.3 is 14.8 Å². The van der Waals surface area contributed by atoms with Crippen LogP contribution in [-0.2, 0) is 4.79 Å². The number of carbonyl (C=O) groups excluding carboxylic acids is 1. The summed E-state index contributed by atoms with van der Waals surface area (Å²) >= 11 is 0. The maximum absolute atomic E-state index is 11.5. The maximum Gasteiger partial charge on any atom is 0.220 e. The van der Waals surface area contributed by atoms with E-state index in [0.717, 1.165) is 11.5 Å². The Morgan fingerprint density at radius 2 is 2.19 bits per heavy atom. The van der Waals surface area contributed by atoms with Gasteiger partial charge in [0.25, 0.3) is 0 Å². The molecular weight excluding hydrogens is 206 g/mol. The van der Waals surface area contributed by atoms with Crippen molar-refractivity contribution in [1.29, 1.82) is 0 Å². The predicted molar refractivity (Wildman–Crippen MR) is 60.9 cm³/mol. The SMILES string of the molecule is Cc1ccc(C(C)NC(=O)CCC(C)O)o1. The highest BCUT2D eigenvalue weighted by atomic mass is 16.3. The molecule has 0 bridgehead atoms. The molecule has 1 aromatic heterocycles. The summed E-state index contributed by atoms with van der Waals surface area (Å²) in [6, 6.07) is 3.60. The van der Waals surface area contributed by atoms with Crippen molar-refractivity contribution >= 4 is 5.91 Å². The van der Waals surface area contributed by atoms with Crippen LogP contribution in [0.2, 0.25) is 0 Å². The van der Waals surface area contributed by atoms with E-state index in [1.165, 1.54) is 0 Å². The first-order valence-corrected chi connectivity index (χ1v) is 5.53. The molecule has 0 saturated heterocycles. The van der Waals surface area contributed by atoms with E-state index in [0.29, 0.717) is 12.8 Å². The minimum Gasteiger partial charge on any atom is -0.464 e. The lowest BCUT2D eigenvalue weighted by molar-refractivity contribution is -0.122. The molecule has 2 N–H and O–H groups in total. The Balaban J connectivity index is 2.39. The van der Waals surface area contributed by atoms with Gasteiger partial charge in [-0.2, -0.15) is 0 Å². The number of aliphatic hydroxyl groups is 1. The van der Waals surface area contributed by atoms with Crippen LogP contribution in [-0.4, -0.2) is 17.1 Å². The van der Waals surface area contributed by atoms with E-state index in [-0.39, 0.29) is 11.9 Å². The van der Waals surface area contributed by atoms with Crippen molar-refractivity contribution in [2.75, 3.05) is 0 Å². The molecule has 4 nitrogen and oxygen atoms in total. The quantitative estimate of drug-likeness (QED) is 0.804. The van der Waals surface area contributed by atoms with E-state index in [1.54, 1.807) is 6.92 Å². The van der Waals surface area contributed by atoms with Gasteiger partial charge in [0.1, 0.15) is 11.5 Å². The van der Waals surface area contributed by atoms with Crippen molar-refractivity contribution in [3.05, 3.63) is 23.7 Å². The number of nitrogens with one attached hydrogen (secondary N) is 1. The number of aliphatic hydroxyl groups excluding tert-OH is 1. The van der Waals surface area contributed by atoms with Gasteiger partial charge in [0.15, 0.2) is 0 Å². The Hall–Kier alpha value is -1.29. The second kappa shape index (κ2) is 5.70. The molecule has 0 spiro atoms. The van der Waals surface area contributed by atoms with Gasteiger partial charge in [0, 0.05) is 6.42 Å². The third-order valence-corrected chi connectivity index (χ3v) is 2.35. The first-order valence-electron chi connectivity index (χ1n) is 5.53. The van der Waals surface area contributed by atoms with Crippen molar-refractivity contribution in [3.63, 3.8) is 0 Å². The molecule has 0 aliphatic heterocycles. The normalized spacial score (nSPS) is 14.5. The molecule has 90 valence electrons. The zero-order valence-corrected chi connectivity index (χ0v) is 9.99. The van der Waals surface area contributed by atoms with Crippen LogP contribution < -0.4 is 5.32 Å². The zero-order chi connectivity index (χ0) is 12.1. The van der Waals surface area contributed by atoms with Gasteiger partial charge in [-0.3, -0.25) is 4.79 Å². The molecule has 0 aliphatic carbocycles. The van der Waals surface area contributed by atoms with Crippen LogP contribution >= 0.6 is 0 Å². The average Bonchev–Trinajstić information content (AvgIpc) is 2.62. The van der Waals surface area contributed by atoms with Crippen molar-refractivity contribution < 1.29 is 14.3 Å². The van der Waals surface area contributed by atoms with Crippen LogP contribution in [0.5, 0.6) is 0 Å². The first-order chi connectivity index (χ1) is 7.49. The smallest absolute Gasteiger partial charge is 0.220 e. The van der Waals surface area contributed by atoms with Crippen LogP contribution in [0.25, 0.3) is 0 Å². The highest BCUT2D eigenvalue weighted by Gasteiger charge is 2.12. The zero-order valence-electron chi connectivity index (χ0n) is 9.99. The summed E-state index contributed by atoms with van der Waals surface area (Å²) in [5.74, 6) is 1.52. The van der Waals surface area contributed by atoms with Crippen molar-refractivity contribution in [2.45, 2.75) is 45.8 Å². The number of aryl methyl sites for hydroxylation is 1. The van der Waals surface area contributed by atoms with Gasteiger partial charge in [-0.25, -0.2) is 0 Å². The van der Waals surface area contributed by atoms with Crippen LogP contribution in [0.4, 0.5) is 0 Å². The summed E-state index contributed by atoms with van der Waals surface area (Å²) in [6.45, 7) is 5.41. The third-order valence-electron chi connectivity index (χ3n) is 2.35. The third kappa shape index (κ3) is 4.06. The first kappa shape index (κ1) is 12.8. The van der Waals surface area contributed by atoms with Gasteiger partial charge in [0.2, 0.25) is 5.91 Å². The molecule has 0 saturated carbocycles. The number of furan rings is 1. The number of carbonyl (C=O) groups is 1. The van der Waals surface area contributed by atoms with E-state index >= 15 is 0 Å². The highest BCUT2D eigenvalue weighted by molar-refractivity contribution is 5.76. The average molecular weight is 225 g/mol. The number of rotatable bonds is 5. The fourth-order valence-electron chi connectivity index (χ4n) is 1.41. The lowest BCUT2D eigenvalue weighted by Crippen LogP contribution is -2.26. The monoisotopic (exact) mass is 225 g/mol.